The zero-order valence-electron chi connectivity index (χ0n) is 12.8. The Morgan fingerprint density at radius 3 is 2.25 bits per heavy atom. The average Bonchev–Trinajstić information content (AvgIpc) is 2.41. The summed E-state index contributed by atoms with van der Waals surface area (Å²) in [5, 5.41) is 5.14. The normalized spacial score (nSPS) is 15.3. The summed E-state index contributed by atoms with van der Waals surface area (Å²) < 4.78 is 0. The number of aldehydes is 1. The summed E-state index contributed by atoms with van der Waals surface area (Å²) in [5.41, 5.74) is 5.85. The van der Waals surface area contributed by atoms with Crippen LogP contribution >= 0.6 is 0 Å². The molecule has 0 radical (unpaired) electrons. The van der Waals surface area contributed by atoms with Gasteiger partial charge in [-0.25, -0.2) is 0 Å². The SMILES string of the molecule is CC[C@H](C)[C@H](N)C(=O)N[C@@H](CC(C)C)C(=O)NCC=O. The van der Waals surface area contributed by atoms with Crippen LogP contribution < -0.4 is 16.4 Å². The maximum Gasteiger partial charge on any atom is 0.242 e. The van der Waals surface area contributed by atoms with Gasteiger partial charge >= 0.3 is 0 Å². The number of hydrogen-bond acceptors (Lipinski definition) is 4. The zero-order chi connectivity index (χ0) is 15.7. The topological polar surface area (TPSA) is 101 Å². The van der Waals surface area contributed by atoms with Crippen molar-refractivity contribution in [2.24, 2.45) is 17.6 Å². The van der Waals surface area contributed by atoms with Crippen LogP contribution in [-0.2, 0) is 14.4 Å². The molecule has 0 unspecified atom stereocenters. The molecular formula is C14H27N3O3. The van der Waals surface area contributed by atoms with E-state index in [1.54, 1.807) is 0 Å². The summed E-state index contributed by atoms with van der Waals surface area (Å²) in [6.07, 6.45) is 1.90. The van der Waals surface area contributed by atoms with Gasteiger partial charge in [0, 0.05) is 0 Å². The van der Waals surface area contributed by atoms with Crippen molar-refractivity contribution in [1.82, 2.24) is 10.6 Å². The van der Waals surface area contributed by atoms with E-state index in [4.69, 9.17) is 5.73 Å². The molecule has 2 amide bonds. The van der Waals surface area contributed by atoms with E-state index in [0.717, 1.165) is 6.42 Å². The minimum Gasteiger partial charge on any atom is -0.348 e. The van der Waals surface area contributed by atoms with Crippen molar-refractivity contribution < 1.29 is 14.4 Å². The van der Waals surface area contributed by atoms with Crippen LogP contribution in [0.15, 0.2) is 0 Å². The fourth-order valence-electron chi connectivity index (χ4n) is 1.75. The van der Waals surface area contributed by atoms with Crippen molar-refractivity contribution in [3.63, 3.8) is 0 Å². The Kier molecular flexibility index (Phi) is 8.79. The number of carbonyl (C=O) groups is 3. The molecule has 3 atom stereocenters. The summed E-state index contributed by atoms with van der Waals surface area (Å²) in [7, 11) is 0. The third-order valence-corrected chi connectivity index (χ3v) is 3.26. The molecule has 20 heavy (non-hydrogen) atoms. The highest BCUT2D eigenvalue weighted by Crippen LogP contribution is 2.08. The minimum atomic E-state index is -0.655. The molecule has 0 aliphatic carbocycles. The molecule has 6 nitrogen and oxygen atoms in total. The van der Waals surface area contributed by atoms with Gasteiger partial charge in [-0.3, -0.25) is 9.59 Å². The zero-order valence-corrected chi connectivity index (χ0v) is 12.8. The second-order valence-corrected chi connectivity index (χ2v) is 5.51. The predicted molar refractivity (Wildman–Crippen MR) is 77.9 cm³/mol. The molecule has 0 heterocycles. The molecule has 0 saturated carbocycles. The van der Waals surface area contributed by atoms with Crippen molar-refractivity contribution in [2.75, 3.05) is 6.54 Å². The highest BCUT2D eigenvalue weighted by atomic mass is 16.2. The van der Waals surface area contributed by atoms with E-state index in [9.17, 15) is 14.4 Å². The van der Waals surface area contributed by atoms with E-state index in [0.29, 0.717) is 12.7 Å². The number of carbonyl (C=O) groups excluding carboxylic acids is 3. The van der Waals surface area contributed by atoms with Crippen LogP contribution in [0.4, 0.5) is 0 Å². The van der Waals surface area contributed by atoms with Crippen molar-refractivity contribution in [1.29, 1.82) is 0 Å². The summed E-state index contributed by atoms with van der Waals surface area (Å²) in [6, 6.07) is -1.29. The lowest BCUT2D eigenvalue weighted by Gasteiger charge is -2.23. The number of nitrogens with two attached hydrogens (primary N) is 1. The third-order valence-electron chi connectivity index (χ3n) is 3.26. The highest BCUT2D eigenvalue weighted by Gasteiger charge is 2.26. The van der Waals surface area contributed by atoms with E-state index in [1.165, 1.54) is 0 Å². The quantitative estimate of drug-likeness (QED) is 0.527. The van der Waals surface area contributed by atoms with Crippen molar-refractivity contribution in [2.45, 2.75) is 52.6 Å². The summed E-state index contributed by atoms with van der Waals surface area (Å²) in [4.78, 5) is 34.2. The molecular weight excluding hydrogens is 258 g/mol. The van der Waals surface area contributed by atoms with Crippen LogP contribution in [0.3, 0.4) is 0 Å². The van der Waals surface area contributed by atoms with Gasteiger partial charge < -0.3 is 21.2 Å². The highest BCUT2D eigenvalue weighted by molar-refractivity contribution is 5.90. The summed E-state index contributed by atoms with van der Waals surface area (Å²) in [5.74, 6) is -0.392. The second-order valence-electron chi connectivity index (χ2n) is 5.51. The molecule has 0 fully saturated rings. The molecule has 0 saturated heterocycles. The standard InChI is InChI=1S/C14H27N3O3/c1-5-10(4)12(15)14(20)17-11(8-9(2)3)13(19)16-6-7-18/h7,9-12H,5-6,8,15H2,1-4H3,(H,16,19)(H,17,20)/t10-,11-,12-/m0/s1. The summed E-state index contributed by atoms with van der Waals surface area (Å²) in [6.45, 7) is 7.72. The Labute approximate surface area is 120 Å². The second kappa shape index (κ2) is 9.47. The first kappa shape index (κ1) is 18.6. The van der Waals surface area contributed by atoms with Crippen LogP contribution in [0, 0.1) is 11.8 Å². The average molecular weight is 285 g/mol. The molecule has 0 aliphatic heterocycles. The maximum absolute atomic E-state index is 12.0. The molecule has 0 bridgehead atoms. The van der Waals surface area contributed by atoms with Gasteiger partial charge in [-0.15, -0.1) is 0 Å². The molecule has 4 N–H and O–H groups in total. The van der Waals surface area contributed by atoms with Crippen molar-refractivity contribution >= 4 is 18.1 Å². The van der Waals surface area contributed by atoms with Gasteiger partial charge in [-0.05, 0) is 18.3 Å². The van der Waals surface area contributed by atoms with Gasteiger partial charge in [-0.2, -0.15) is 0 Å². The number of nitrogens with one attached hydrogen (secondary N) is 2. The van der Waals surface area contributed by atoms with Gasteiger partial charge in [0.1, 0.15) is 12.3 Å². The number of hydrogen-bond donors (Lipinski definition) is 3. The predicted octanol–water partition coefficient (Wildman–Crippen LogP) is 0.206. The van der Waals surface area contributed by atoms with Crippen molar-refractivity contribution in [3.8, 4) is 0 Å². The number of rotatable bonds is 9. The largest absolute Gasteiger partial charge is 0.348 e. The van der Waals surface area contributed by atoms with E-state index in [1.807, 2.05) is 27.7 Å². The Morgan fingerprint density at radius 2 is 1.80 bits per heavy atom. The first-order valence-electron chi connectivity index (χ1n) is 7.10. The van der Waals surface area contributed by atoms with Gasteiger partial charge in [0.05, 0.1) is 12.6 Å². The first-order valence-corrected chi connectivity index (χ1v) is 7.10. The Balaban J connectivity index is 4.67. The molecule has 0 aromatic carbocycles. The Hall–Kier alpha value is -1.43. The van der Waals surface area contributed by atoms with E-state index in [-0.39, 0.29) is 30.2 Å². The first-order chi connectivity index (χ1) is 9.33. The smallest absolute Gasteiger partial charge is 0.242 e. The summed E-state index contributed by atoms with van der Waals surface area (Å²) >= 11 is 0. The molecule has 0 aliphatic rings. The van der Waals surface area contributed by atoms with Gasteiger partial charge in [-0.1, -0.05) is 34.1 Å². The lowest BCUT2D eigenvalue weighted by Crippen LogP contribution is -2.53. The van der Waals surface area contributed by atoms with Crippen LogP contribution in [0.2, 0.25) is 0 Å². The molecule has 116 valence electrons. The van der Waals surface area contributed by atoms with Crippen LogP contribution in [-0.4, -0.2) is 36.7 Å². The monoisotopic (exact) mass is 285 g/mol. The van der Waals surface area contributed by atoms with Crippen LogP contribution in [0.5, 0.6) is 0 Å². The van der Waals surface area contributed by atoms with E-state index < -0.39 is 12.1 Å². The third kappa shape index (κ3) is 6.65. The van der Waals surface area contributed by atoms with Crippen LogP contribution in [0.25, 0.3) is 0 Å². The fourth-order valence-corrected chi connectivity index (χ4v) is 1.75. The number of amides is 2. The minimum absolute atomic E-state index is 0.0488. The van der Waals surface area contributed by atoms with E-state index >= 15 is 0 Å². The van der Waals surface area contributed by atoms with Gasteiger partial charge in [0.2, 0.25) is 11.8 Å². The van der Waals surface area contributed by atoms with Gasteiger partial charge in [0.25, 0.3) is 0 Å². The lowest BCUT2D eigenvalue weighted by molar-refractivity contribution is -0.130. The Bertz CT molecular complexity index is 332. The van der Waals surface area contributed by atoms with E-state index in [2.05, 4.69) is 10.6 Å². The molecule has 0 aromatic rings. The Morgan fingerprint density at radius 1 is 1.20 bits per heavy atom. The van der Waals surface area contributed by atoms with Crippen molar-refractivity contribution in [3.05, 3.63) is 0 Å². The molecule has 0 rings (SSSR count). The van der Waals surface area contributed by atoms with Crippen LogP contribution in [0.1, 0.15) is 40.5 Å². The molecule has 0 aromatic heterocycles. The molecule has 0 spiro atoms. The molecule has 6 heteroatoms. The van der Waals surface area contributed by atoms with Gasteiger partial charge in [0.15, 0.2) is 0 Å². The fraction of sp³-hybridized carbons (Fsp3) is 0.786. The maximum atomic E-state index is 12.0. The lowest BCUT2D eigenvalue weighted by atomic mass is 9.98.